The number of hydrogen-bond donors (Lipinski definition) is 2. The molecule has 100 valence electrons. The molecule has 0 fully saturated rings. The molecule has 3 N–H and O–H groups in total. The zero-order chi connectivity index (χ0) is 14.0. The molecular formula is C12H12Cl2N4O. The molecule has 1 heterocycles. The molecule has 0 spiro atoms. The van der Waals surface area contributed by atoms with Crippen LogP contribution in [-0.4, -0.2) is 15.7 Å². The molecule has 5 nitrogen and oxygen atoms in total. The predicted octanol–water partition coefficient (Wildman–Crippen LogP) is 2.72. The molecule has 7 heteroatoms. The van der Waals surface area contributed by atoms with Crippen LogP contribution in [0.25, 0.3) is 0 Å². The molecule has 1 aromatic carbocycles. The van der Waals surface area contributed by atoms with Crippen molar-refractivity contribution in [1.82, 2.24) is 9.78 Å². The van der Waals surface area contributed by atoms with E-state index in [0.717, 1.165) is 5.69 Å². The number of benzene rings is 1. The second-order valence-corrected chi connectivity index (χ2v) is 4.87. The van der Waals surface area contributed by atoms with Gasteiger partial charge < -0.3 is 11.1 Å². The van der Waals surface area contributed by atoms with Crippen molar-refractivity contribution in [3.63, 3.8) is 0 Å². The van der Waals surface area contributed by atoms with Crippen LogP contribution in [0.1, 0.15) is 5.69 Å². The van der Waals surface area contributed by atoms with Gasteiger partial charge in [-0.3, -0.25) is 9.48 Å². The third-order valence-electron chi connectivity index (χ3n) is 2.57. The summed E-state index contributed by atoms with van der Waals surface area (Å²) in [6.07, 6.45) is 1.63. The minimum atomic E-state index is -0.261. The largest absolute Gasteiger partial charge is 0.397 e. The summed E-state index contributed by atoms with van der Waals surface area (Å²) in [6.45, 7) is 1.96. The highest BCUT2D eigenvalue weighted by Crippen LogP contribution is 2.31. The lowest BCUT2D eigenvalue weighted by Gasteiger charge is -2.11. The number of carbonyl (C=O) groups is 1. The van der Waals surface area contributed by atoms with Crippen LogP contribution in [0.2, 0.25) is 10.0 Å². The van der Waals surface area contributed by atoms with Crippen LogP contribution in [0.5, 0.6) is 0 Å². The topological polar surface area (TPSA) is 72.9 Å². The minimum Gasteiger partial charge on any atom is -0.397 e. The van der Waals surface area contributed by atoms with Gasteiger partial charge in [0.15, 0.2) is 0 Å². The quantitative estimate of drug-likeness (QED) is 0.856. The number of aromatic nitrogens is 2. The molecule has 0 aliphatic rings. The van der Waals surface area contributed by atoms with Crippen molar-refractivity contribution in [1.29, 1.82) is 0 Å². The van der Waals surface area contributed by atoms with E-state index in [0.29, 0.717) is 21.4 Å². The fourth-order valence-electron chi connectivity index (χ4n) is 1.60. The van der Waals surface area contributed by atoms with Gasteiger partial charge in [0, 0.05) is 16.9 Å². The van der Waals surface area contributed by atoms with E-state index in [1.807, 2.05) is 13.0 Å². The van der Waals surface area contributed by atoms with Crippen LogP contribution in [0, 0.1) is 6.92 Å². The molecule has 2 aromatic rings. The molecule has 0 saturated carbocycles. The highest BCUT2D eigenvalue weighted by molar-refractivity contribution is 6.37. The maximum Gasteiger partial charge on any atom is 0.246 e. The summed E-state index contributed by atoms with van der Waals surface area (Å²) in [5, 5.41) is 7.40. The lowest BCUT2D eigenvalue weighted by Crippen LogP contribution is -2.21. The molecule has 0 bridgehead atoms. The van der Waals surface area contributed by atoms with Gasteiger partial charge in [0.25, 0.3) is 0 Å². The van der Waals surface area contributed by atoms with Crippen LogP contribution in [0.3, 0.4) is 0 Å². The maximum atomic E-state index is 11.9. The molecule has 0 aliphatic heterocycles. The molecule has 1 aromatic heterocycles. The molecule has 0 aliphatic carbocycles. The second kappa shape index (κ2) is 5.50. The van der Waals surface area contributed by atoms with Crippen molar-refractivity contribution in [2.24, 2.45) is 0 Å². The summed E-state index contributed by atoms with van der Waals surface area (Å²) in [4.78, 5) is 11.9. The molecule has 0 atom stereocenters. The fraction of sp³-hybridized carbons (Fsp3) is 0.167. The van der Waals surface area contributed by atoms with E-state index < -0.39 is 0 Å². The smallest absolute Gasteiger partial charge is 0.246 e. The normalized spacial score (nSPS) is 10.5. The van der Waals surface area contributed by atoms with E-state index in [1.54, 1.807) is 10.9 Å². The van der Waals surface area contributed by atoms with Crippen LogP contribution in [-0.2, 0) is 11.3 Å². The Morgan fingerprint density at radius 1 is 1.47 bits per heavy atom. The van der Waals surface area contributed by atoms with E-state index in [-0.39, 0.29) is 12.5 Å². The first-order chi connectivity index (χ1) is 8.97. The average Bonchev–Trinajstić information content (AvgIpc) is 2.69. The second-order valence-electron chi connectivity index (χ2n) is 4.03. The Hall–Kier alpha value is -1.72. The van der Waals surface area contributed by atoms with E-state index in [2.05, 4.69) is 10.4 Å². The van der Waals surface area contributed by atoms with E-state index in [9.17, 15) is 4.79 Å². The Morgan fingerprint density at radius 3 is 2.79 bits per heavy atom. The molecule has 19 heavy (non-hydrogen) atoms. The number of nitrogens with one attached hydrogen (secondary N) is 1. The number of halogens is 2. The highest BCUT2D eigenvalue weighted by Gasteiger charge is 2.11. The molecular weight excluding hydrogens is 287 g/mol. The minimum absolute atomic E-state index is 0.0945. The Morgan fingerprint density at radius 2 is 2.21 bits per heavy atom. The number of anilines is 2. The first-order valence-corrected chi connectivity index (χ1v) is 6.25. The van der Waals surface area contributed by atoms with E-state index in [4.69, 9.17) is 28.9 Å². The van der Waals surface area contributed by atoms with Crippen molar-refractivity contribution >= 4 is 40.5 Å². The van der Waals surface area contributed by atoms with Crippen molar-refractivity contribution in [2.45, 2.75) is 13.5 Å². The van der Waals surface area contributed by atoms with Crippen LogP contribution < -0.4 is 11.1 Å². The van der Waals surface area contributed by atoms with Crippen molar-refractivity contribution < 1.29 is 4.79 Å². The number of nitrogen functional groups attached to an aromatic ring is 1. The van der Waals surface area contributed by atoms with Crippen LogP contribution >= 0.6 is 23.2 Å². The third-order valence-corrected chi connectivity index (χ3v) is 3.09. The molecule has 0 radical (unpaired) electrons. The lowest BCUT2D eigenvalue weighted by atomic mass is 10.2. The van der Waals surface area contributed by atoms with Gasteiger partial charge in [0.1, 0.15) is 6.54 Å². The van der Waals surface area contributed by atoms with Gasteiger partial charge in [-0.25, -0.2) is 0 Å². The van der Waals surface area contributed by atoms with Crippen molar-refractivity contribution in [3.05, 3.63) is 40.1 Å². The van der Waals surface area contributed by atoms with Crippen LogP contribution in [0.4, 0.5) is 11.4 Å². The average molecular weight is 299 g/mol. The Kier molecular flexibility index (Phi) is 3.97. The van der Waals surface area contributed by atoms with Crippen molar-refractivity contribution in [3.8, 4) is 0 Å². The Balaban J connectivity index is 2.14. The van der Waals surface area contributed by atoms with Gasteiger partial charge in [0.05, 0.1) is 16.4 Å². The molecule has 0 saturated heterocycles. The van der Waals surface area contributed by atoms with Gasteiger partial charge >= 0.3 is 0 Å². The number of amides is 1. The predicted molar refractivity (Wildman–Crippen MR) is 76.5 cm³/mol. The van der Waals surface area contributed by atoms with Gasteiger partial charge in [-0.05, 0) is 25.1 Å². The Labute approximate surface area is 120 Å². The number of nitrogens with zero attached hydrogens (tertiary/aromatic N) is 2. The van der Waals surface area contributed by atoms with Crippen molar-refractivity contribution in [2.75, 3.05) is 11.1 Å². The van der Waals surface area contributed by atoms with E-state index >= 15 is 0 Å². The first kappa shape index (κ1) is 13.7. The number of carbonyl (C=O) groups excluding carboxylic acids is 1. The summed E-state index contributed by atoms with van der Waals surface area (Å²) in [5.41, 5.74) is 7.35. The highest BCUT2D eigenvalue weighted by atomic mass is 35.5. The third kappa shape index (κ3) is 3.19. The lowest BCUT2D eigenvalue weighted by molar-refractivity contribution is -0.116. The SMILES string of the molecule is Cc1ccnn1CC(=O)Nc1c(N)cc(Cl)cc1Cl. The maximum absolute atomic E-state index is 11.9. The van der Waals surface area contributed by atoms with Gasteiger partial charge in [-0.2, -0.15) is 5.10 Å². The van der Waals surface area contributed by atoms with Gasteiger partial charge in [0.2, 0.25) is 5.91 Å². The zero-order valence-corrected chi connectivity index (χ0v) is 11.7. The number of nitrogens with two attached hydrogens (primary N) is 1. The van der Waals surface area contributed by atoms with Gasteiger partial charge in [-0.1, -0.05) is 23.2 Å². The first-order valence-electron chi connectivity index (χ1n) is 5.50. The summed E-state index contributed by atoms with van der Waals surface area (Å²) in [7, 11) is 0. The number of hydrogen-bond acceptors (Lipinski definition) is 3. The number of aryl methyl sites for hydroxylation is 1. The fourth-order valence-corrected chi connectivity index (χ4v) is 2.16. The monoisotopic (exact) mass is 298 g/mol. The molecule has 1 amide bonds. The summed E-state index contributed by atoms with van der Waals surface area (Å²) >= 11 is 11.8. The van der Waals surface area contributed by atoms with Gasteiger partial charge in [-0.15, -0.1) is 0 Å². The number of rotatable bonds is 3. The summed E-state index contributed by atoms with van der Waals surface area (Å²) in [5.74, 6) is -0.261. The Bertz CT molecular complexity index is 601. The summed E-state index contributed by atoms with van der Waals surface area (Å²) in [6, 6.07) is 4.87. The summed E-state index contributed by atoms with van der Waals surface area (Å²) < 4.78 is 1.58. The standard InChI is InChI=1S/C12H12Cl2N4O/c1-7-2-3-16-18(7)6-11(19)17-12-9(14)4-8(13)5-10(12)15/h2-5H,6,15H2,1H3,(H,17,19). The van der Waals surface area contributed by atoms with E-state index in [1.165, 1.54) is 12.1 Å². The molecule has 2 rings (SSSR count). The zero-order valence-electron chi connectivity index (χ0n) is 10.2. The molecule has 0 unspecified atom stereocenters. The van der Waals surface area contributed by atoms with Crippen LogP contribution in [0.15, 0.2) is 24.4 Å².